The number of hydrogen-bond donors (Lipinski definition) is 0. The number of unbranched alkanes of at least 4 members (excludes halogenated alkanes) is 1. The number of nitro benzene ring substituents is 1. The van der Waals surface area contributed by atoms with Crippen molar-refractivity contribution in [2.75, 3.05) is 13.1 Å². The quantitative estimate of drug-likeness (QED) is 0.591. The van der Waals surface area contributed by atoms with E-state index in [2.05, 4.69) is 22.9 Å². The van der Waals surface area contributed by atoms with E-state index in [0.717, 1.165) is 12.8 Å². The third-order valence-electron chi connectivity index (χ3n) is 2.86. The topological polar surface area (TPSA) is 63.5 Å². The maximum absolute atomic E-state index is 12.4. The first-order valence-electron chi connectivity index (χ1n) is 6.25. The molecule has 0 saturated heterocycles. The summed E-state index contributed by atoms with van der Waals surface area (Å²) >= 11 is 3.16. The fourth-order valence-corrected chi connectivity index (χ4v) is 2.33. The summed E-state index contributed by atoms with van der Waals surface area (Å²) in [6, 6.07) is 4.51. The number of benzene rings is 1. The maximum atomic E-state index is 12.4. The van der Waals surface area contributed by atoms with Crippen LogP contribution in [-0.2, 0) is 0 Å². The zero-order valence-electron chi connectivity index (χ0n) is 11.1. The van der Waals surface area contributed by atoms with Crippen LogP contribution in [0.3, 0.4) is 0 Å². The molecule has 6 heteroatoms. The fourth-order valence-electron chi connectivity index (χ4n) is 1.75. The molecule has 104 valence electrons. The van der Waals surface area contributed by atoms with Crippen LogP contribution >= 0.6 is 15.9 Å². The molecular weight excluding hydrogens is 312 g/mol. The van der Waals surface area contributed by atoms with Crippen LogP contribution in [0.25, 0.3) is 0 Å². The lowest BCUT2D eigenvalue weighted by Crippen LogP contribution is -2.32. The zero-order valence-corrected chi connectivity index (χ0v) is 12.6. The van der Waals surface area contributed by atoms with Gasteiger partial charge >= 0.3 is 0 Å². The van der Waals surface area contributed by atoms with Crippen LogP contribution in [0.5, 0.6) is 0 Å². The molecule has 0 heterocycles. The predicted octanol–water partition coefficient (Wildman–Crippen LogP) is 3.62. The first-order valence-corrected chi connectivity index (χ1v) is 7.04. The van der Waals surface area contributed by atoms with Gasteiger partial charge < -0.3 is 4.90 Å². The van der Waals surface area contributed by atoms with Gasteiger partial charge in [-0.15, -0.1) is 0 Å². The summed E-state index contributed by atoms with van der Waals surface area (Å²) < 4.78 is 0.250. The van der Waals surface area contributed by atoms with Gasteiger partial charge in [-0.2, -0.15) is 0 Å². The van der Waals surface area contributed by atoms with Gasteiger partial charge in [-0.05, 0) is 35.3 Å². The van der Waals surface area contributed by atoms with Crippen molar-refractivity contribution in [3.8, 4) is 0 Å². The fraction of sp³-hybridized carbons (Fsp3) is 0.462. The van der Waals surface area contributed by atoms with Crippen molar-refractivity contribution < 1.29 is 9.72 Å². The van der Waals surface area contributed by atoms with E-state index in [1.54, 1.807) is 11.0 Å². The molecule has 1 amide bonds. The Morgan fingerprint density at radius 1 is 1.42 bits per heavy atom. The predicted molar refractivity (Wildman–Crippen MR) is 77.3 cm³/mol. The minimum Gasteiger partial charge on any atom is -0.339 e. The normalized spacial score (nSPS) is 10.3. The summed E-state index contributed by atoms with van der Waals surface area (Å²) in [6.07, 6.45) is 1.92. The van der Waals surface area contributed by atoms with Gasteiger partial charge in [0.25, 0.3) is 11.6 Å². The number of amides is 1. The van der Waals surface area contributed by atoms with Crippen molar-refractivity contribution in [1.82, 2.24) is 4.90 Å². The lowest BCUT2D eigenvalue weighted by molar-refractivity contribution is -0.385. The summed E-state index contributed by atoms with van der Waals surface area (Å²) in [5.74, 6) is -0.175. The molecular formula is C13H17BrN2O3. The standard InChI is InChI=1S/C13H17BrN2O3/c1-3-5-9-15(4-2)13(17)10-7-6-8-11(12(10)14)16(18)19/h6-8H,3-5,9H2,1-2H3. The van der Waals surface area contributed by atoms with Crippen LogP contribution in [0, 0.1) is 10.1 Å². The van der Waals surface area contributed by atoms with Crippen molar-refractivity contribution in [3.05, 3.63) is 38.3 Å². The van der Waals surface area contributed by atoms with Crippen molar-refractivity contribution >= 4 is 27.5 Å². The number of nitrogens with zero attached hydrogens (tertiary/aromatic N) is 2. The highest BCUT2D eigenvalue weighted by atomic mass is 79.9. The lowest BCUT2D eigenvalue weighted by atomic mass is 10.1. The summed E-state index contributed by atoms with van der Waals surface area (Å²) in [6.45, 7) is 5.22. The molecule has 19 heavy (non-hydrogen) atoms. The van der Waals surface area contributed by atoms with E-state index in [1.807, 2.05) is 6.92 Å². The maximum Gasteiger partial charge on any atom is 0.284 e. The van der Waals surface area contributed by atoms with Gasteiger partial charge in [0.05, 0.1) is 10.5 Å². The Kier molecular flexibility index (Phi) is 5.95. The Hall–Kier alpha value is -1.43. The number of hydrogen-bond acceptors (Lipinski definition) is 3. The van der Waals surface area contributed by atoms with Gasteiger partial charge in [0.2, 0.25) is 0 Å². The molecule has 0 saturated carbocycles. The average Bonchev–Trinajstić information content (AvgIpc) is 2.39. The van der Waals surface area contributed by atoms with Crippen molar-refractivity contribution in [3.63, 3.8) is 0 Å². The second-order valence-corrected chi connectivity index (χ2v) is 4.93. The third-order valence-corrected chi connectivity index (χ3v) is 3.69. The Balaban J connectivity index is 3.04. The van der Waals surface area contributed by atoms with Crippen LogP contribution in [0.2, 0.25) is 0 Å². The molecule has 0 N–H and O–H groups in total. The minimum atomic E-state index is -0.497. The van der Waals surface area contributed by atoms with Crippen molar-refractivity contribution in [2.24, 2.45) is 0 Å². The highest BCUT2D eigenvalue weighted by Crippen LogP contribution is 2.29. The first kappa shape index (κ1) is 15.6. The molecule has 0 atom stereocenters. The molecule has 1 aromatic rings. The van der Waals surface area contributed by atoms with Gasteiger partial charge in [0.15, 0.2) is 0 Å². The second kappa shape index (κ2) is 7.23. The molecule has 0 spiro atoms. The van der Waals surface area contributed by atoms with Crippen molar-refractivity contribution in [2.45, 2.75) is 26.7 Å². The molecule has 0 aliphatic heterocycles. The van der Waals surface area contributed by atoms with E-state index < -0.39 is 4.92 Å². The highest BCUT2D eigenvalue weighted by molar-refractivity contribution is 9.10. The molecule has 0 fully saturated rings. The molecule has 0 bridgehead atoms. The molecule has 5 nitrogen and oxygen atoms in total. The van der Waals surface area contributed by atoms with Gasteiger partial charge in [-0.25, -0.2) is 0 Å². The molecule has 1 aromatic carbocycles. The van der Waals surface area contributed by atoms with Crippen LogP contribution in [0.15, 0.2) is 22.7 Å². The first-order chi connectivity index (χ1) is 9.02. The van der Waals surface area contributed by atoms with E-state index in [0.29, 0.717) is 18.7 Å². The van der Waals surface area contributed by atoms with E-state index in [-0.39, 0.29) is 16.1 Å². The van der Waals surface area contributed by atoms with E-state index in [9.17, 15) is 14.9 Å². The molecule has 0 aromatic heterocycles. The summed E-state index contributed by atoms with van der Waals surface area (Å²) in [5.41, 5.74) is 0.254. The lowest BCUT2D eigenvalue weighted by Gasteiger charge is -2.21. The van der Waals surface area contributed by atoms with Crippen LogP contribution < -0.4 is 0 Å². The van der Waals surface area contributed by atoms with Gasteiger partial charge in [-0.1, -0.05) is 19.4 Å². The smallest absolute Gasteiger partial charge is 0.284 e. The van der Waals surface area contributed by atoms with Crippen LogP contribution in [0.1, 0.15) is 37.0 Å². The van der Waals surface area contributed by atoms with Crippen molar-refractivity contribution in [1.29, 1.82) is 0 Å². The van der Waals surface area contributed by atoms with E-state index in [1.165, 1.54) is 12.1 Å². The monoisotopic (exact) mass is 328 g/mol. The Morgan fingerprint density at radius 2 is 2.11 bits per heavy atom. The zero-order chi connectivity index (χ0) is 14.4. The SMILES string of the molecule is CCCCN(CC)C(=O)c1cccc([N+](=O)[O-])c1Br. The third kappa shape index (κ3) is 3.76. The van der Waals surface area contributed by atoms with Crippen LogP contribution in [0.4, 0.5) is 5.69 Å². The molecule has 0 aliphatic carbocycles. The Labute approximate surface area is 120 Å². The Morgan fingerprint density at radius 3 is 2.63 bits per heavy atom. The summed E-state index contributed by atoms with van der Waals surface area (Å²) in [4.78, 5) is 24.4. The molecule has 0 unspecified atom stereocenters. The summed E-state index contributed by atoms with van der Waals surface area (Å²) in [5, 5.41) is 10.9. The van der Waals surface area contributed by atoms with E-state index in [4.69, 9.17) is 0 Å². The van der Waals surface area contributed by atoms with Crippen LogP contribution in [-0.4, -0.2) is 28.8 Å². The Bertz CT molecular complexity index is 477. The number of halogens is 1. The highest BCUT2D eigenvalue weighted by Gasteiger charge is 2.22. The minimum absolute atomic E-state index is 0.0857. The summed E-state index contributed by atoms with van der Waals surface area (Å²) in [7, 11) is 0. The van der Waals surface area contributed by atoms with Gasteiger partial charge in [0.1, 0.15) is 4.47 Å². The second-order valence-electron chi connectivity index (χ2n) is 4.13. The molecule has 0 radical (unpaired) electrons. The molecule has 1 rings (SSSR count). The average molecular weight is 329 g/mol. The largest absolute Gasteiger partial charge is 0.339 e. The van der Waals surface area contributed by atoms with Gasteiger partial charge in [-0.3, -0.25) is 14.9 Å². The van der Waals surface area contributed by atoms with E-state index >= 15 is 0 Å². The number of rotatable bonds is 6. The van der Waals surface area contributed by atoms with Gasteiger partial charge in [0, 0.05) is 19.2 Å². The molecule has 0 aliphatic rings. The number of carbonyl (C=O) groups excluding carboxylic acids is 1. The number of nitro groups is 1. The number of carbonyl (C=O) groups is 1.